The highest BCUT2D eigenvalue weighted by atomic mass is 16.5. The Morgan fingerprint density at radius 1 is 1.32 bits per heavy atom. The molecule has 0 fully saturated rings. The standard InChI is InChI=1S/C14H16N4O/c1-10(2)7-13-17-14(19-18-13)9-16-12-5-3-11(8-15)4-6-12/h3-6,10,16H,7,9H2,1-2H3. The molecule has 19 heavy (non-hydrogen) atoms. The predicted molar refractivity (Wildman–Crippen MR) is 71.3 cm³/mol. The summed E-state index contributed by atoms with van der Waals surface area (Å²) in [5.41, 5.74) is 1.56. The highest BCUT2D eigenvalue weighted by Gasteiger charge is 2.07. The van der Waals surface area contributed by atoms with Crippen LogP contribution in [0.5, 0.6) is 0 Å². The van der Waals surface area contributed by atoms with Crippen LogP contribution in [0.4, 0.5) is 5.69 Å². The van der Waals surface area contributed by atoms with Gasteiger partial charge in [-0.05, 0) is 30.2 Å². The summed E-state index contributed by atoms with van der Waals surface area (Å²) >= 11 is 0. The Bertz CT molecular complexity index is 566. The summed E-state index contributed by atoms with van der Waals surface area (Å²) in [7, 11) is 0. The number of nitrogens with zero attached hydrogens (tertiary/aromatic N) is 3. The molecule has 2 aromatic rings. The normalized spacial score (nSPS) is 10.4. The average molecular weight is 256 g/mol. The molecule has 0 saturated heterocycles. The maximum absolute atomic E-state index is 8.71. The highest BCUT2D eigenvalue weighted by Crippen LogP contribution is 2.11. The number of nitrogens with one attached hydrogen (secondary N) is 1. The summed E-state index contributed by atoms with van der Waals surface area (Å²) in [5, 5.41) is 15.8. The molecule has 0 unspecified atom stereocenters. The third kappa shape index (κ3) is 3.81. The van der Waals surface area contributed by atoms with Crippen molar-refractivity contribution in [1.82, 2.24) is 10.1 Å². The Morgan fingerprint density at radius 3 is 2.68 bits per heavy atom. The molecule has 0 aliphatic rings. The Labute approximate surface area is 112 Å². The molecule has 1 N–H and O–H groups in total. The third-order valence-electron chi connectivity index (χ3n) is 2.56. The lowest BCUT2D eigenvalue weighted by Crippen LogP contribution is -2.00. The average Bonchev–Trinajstić information content (AvgIpc) is 2.84. The predicted octanol–water partition coefficient (Wildman–Crippen LogP) is 2.75. The molecular formula is C14H16N4O. The lowest BCUT2D eigenvalue weighted by molar-refractivity contribution is 0.375. The van der Waals surface area contributed by atoms with Gasteiger partial charge in [-0.3, -0.25) is 0 Å². The molecule has 1 heterocycles. The van der Waals surface area contributed by atoms with Crippen molar-refractivity contribution >= 4 is 5.69 Å². The topological polar surface area (TPSA) is 74.7 Å². The molecule has 0 aliphatic carbocycles. The van der Waals surface area contributed by atoms with Gasteiger partial charge < -0.3 is 9.84 Å². The van der Waals surface area contributed by atoms with Crippen molar-refractivity contribution in [1.29, 1.82) is 5.26 Å². The SMILES string of the molecule is CC(C)Cc1noc(CNc2ccc(C#N)cc2)n1. The van der Waals surface area contributed by atoms with Crippen molar-refractivity contribution in [2.24, 2.45) is 5.92 Å². The second-order valence-corrected chi connectivity index (χ2v) is 4.75. The Morgan fingerprint density at radius 2 is 2.05 bits per heavy atom. The summed E-state index contributed by atoms with van der Waals surface area (Å²) in [6.45, 7) is 4.72. The fourth-order valence-electron chi connectivity index (χ4n) is 1.65. The molecule has 2 rings (SSSR count). The zero-order valence-corrected chi connectivity index (χ0v) is 11.1. The monoisotopic (exact) mass is 256 g/mol. The lowest BCUT2D eigenvalue weighted by atomic mass is 10.1. The van der Waals surface area contributed by atoms with Gasteiger partial charge in [-0.15, -0.1) is 0 Å². The number of nitriles is 1. The highest BCUT2D eigenvalue weighted by molar-refractivity contribution is 5.47. The molecule has 0 amide bonds. The van der Waals surface area contributed by atoms with Crippen molar-refractivity contribution < 1.29 is 4.52 Å². The number of hydrogen-bond acceptors (Lipinski definition) is 5. The summed E-state index contributed by atoms with van der Waals surface area (Å²) in [6.07, 6.45) is 0.820. The van der Waals surface area contributed by atoms with E-state index < -0.39 is 0 Å². The quantitative estimate of drug-likeness (QED) is 0.890. The van der Waals surface area contributed by atoms with Gasteiger partial charge in [-0.25, -0.2) is 0 Å². The van der Waals surface area contributed by atoms with Crippen LogP contribution in [0.2, 0.25) is 0 Å². The van der Waals surface area contributed by atoms with E-state index >= 15 is 0 Å². The maximum atomic E-state index is 8.71. The zero-order chi connectivity index (χ0) is 13.7. The second-order valence-electron chi connectivity index (χ2n) is 4.75. The van der Waals surface area contributed by atoms with Gasteiger partial charge in [0, 0.05) is 12.1 Å². The van der Waals surface area contributed by atoms with Crippen LogP contribution < -0.4 is 5.32 Å². The number of anilines is 1. The molecule has 0 aliphatic heterocycles. The lowest BCUT2D eigenvalue weighted by Gasteiger charge is -2.02. The first-order chi connectivity index (χ1) is 9.17. The van der Waals surface area contributed by atoms with Crippen molar-refractivity contribution in [2.45, 2.75) is 26.8 Å². The van der Waals surface area contributed by atoms with Crippen molar-refractivity contribution in [2.75, 3.05) is 5.32 Å². The van der Waals surface area contributed by atoms with E-state index in [1.54, 1.807) is 12.1 Å². The first-order valence-electron chi connectivity index (χ1n) is 6.23. The summed E-state index contributed by atoms with van der Waals surface area (Å²) < 4.78 is 5.16. The van der Waals surface area contributed by atoms with Crippen LogP contribution in [-0.4, -0.2) is 10.1 Å². The van der Waals surface area contributed by atoms with Gasteiger partial charge in [0.05, 0.1) is 18.2 Å². The smallest absolute Gasteiger partial charge is 0.245 e. The molecule has 0 atom stereocenters. The molecule has 0 bridgehead atoms. The molecule has 0 spiro atoms. The second kappa shape index (κ2) is 6.01. The summed E-state index contributed by atoms with van der Waals surface area (Å²) in [4.78, 5) is 4.31. The van der Waals surface area contributed by atoms with Crippen LogP contribution in [0.15, 0.2) is 28.8 Å². The van der Waals surface area contributed by atoms with Gasteiger partial charge in [0.2, 0.25) is 5.89 Å². The van der Waals surface area contributed by atoms with E-state index in [4.69, 9.17) is 9.78 Å². The minimum Gasteiger partial charge on any atom is -0.376 e. The van der Waals surface area contributed by atoms with Gasteiger partial charge in [0.25, 0.3) is 0 Å². The van der Waals surface area contributed by atoms with Crippen molar-refractivity contribution in [3.63, 3.8) is 0 Å². The third-order valence-corrected chi connectivity index (χ3v) is 2.56. The van der Waals surface area contributed by atoms with Gasteiger partial charge >= 0.3 is 0 Å². The minimum absolute atomic E-state index is 0.483. The van der Waals surface area contributed by atoms with E-state index in [2.05, 4.69) is 35.4 Å². The first kappa shape index (κ1) is 13.1. The Hall–Kier alpha value is -2.35. The number of benzene rings is 1. The fraction of sp³-hybridized carbons (Fsp3) is 0.357. The molecule has 5 heteroatoms. The van der Waals surface area contributed by atoms with Crippen LogP contribution in [0.1, 0.15) is 31.1 Å². The molecule has 0 saturated carbocycles. The largest absolute Gasteiger partial charge is 0.376 e. The van der Waals surface area contributed by atoms with E-state index in [1.165, 1.54) is 0 Å². The molecule has 5 nitrogen and oxygen atoms in total. The number of aromatic nitrogens is 2. The van der Waals surface area contributed by atoms with E-state index in [-0.39, 0.29) is 0 Å². The Balaban J connectivity index is 1.91. The summed E-state index contributed by atoms with van der Waals surface area (Å²) in [6, 6.07) is 9.31. The molecule has 1 aromatic carbocycles. The van der Waals surface area contributed by atoms with E-state index in [0.717, 1.165) is 17.9 Å². The van der Waals surface area contributed by atoms with Crippen LogP contribution in [-0.2, 0) is 13.0 Å². The maximum Gasteiger partial charge on any atom is 0.245 e. The van der Waals surface area contributed by atoms with E-state index in [1.807, 2.05) is 12.1 Å². The number of rotatable bonds is 5. The van der Waals surface area contributed by atoms with Crippen molar-refractivity contribution in [3.8, 4) is 6.07 Å². The van der Waals surface area contributed by atoms with Crippen LogP contribution in [0.25, 0.3) is 0 Å². The molecular weight excluding hydrogens is 240 g/mol. The molecule has 0 radical (unpaired) electrons. The van der Waals surface area contributed by atoms with Crippen molar-refractivity contribution in [3.05, 3.63) is 41.5 Å². The molecule has 98 valence electrons. The van der Waals surface area contributed by atoms with Gasteiger partial charge in [0.1, 0.15) is 0 Å². The minimum atomic E-state index is 0.483. The van der Waals surface area contributed by atoms with Gasteiger partial charge in [-0.2, -0.15) is 10.2 Å². The van der Waals surface area contributed by atoms with E-state index in [9.17, 15) is 0 Å². The van der Waals surface area contributed by atoms with Gasteiger partial charge in [0.15, 0.2) is 5.82 Å². The van der Waals surface area contributed by atoms with Crippen LogP contribution in [0, 0.1) is 17.2 Å². The number of hydrogen-bond donors (Lipinski definition) is 1. The summed E-state index contributed by atoms with van der Waals surface area (Å²) in [5.74, 6) is 1.82. The van der Waals surface area contributed by atoms with Crippen LogP contribution >= 0.6 is 0 Å². The van der Waals surface area contributed by atoms with Crippen LogP contribution in [0.3, 0.4) is 0 Å². The Kier molecular flexibility index (Phi) is 4.14. The zero-order valence-electron chi connectivity index (χ0n) is 11.1. The van der Waals surface area contributed by atoms with Gasteiger partial charge in [-0.1, -0.05) is 19.0 Å². The first-order valence-corrected chi connectivity index (χ1v) is 6.23. The molecule has 1 aromatic heterocycles. The van der Waals surface area contributed by atoms with E-state index in [0.29, 0.717) is 23.9 Å². The fourth-order valence-corrected chi connectivity index (χ4v) is 1.65.